The lowest BCUT2D eigenvalue weighted by molar-refractivity contribution is 0.275. The topological polar surface area (TPSA) is 41.3 Å². The van der Waals surface area contributed by atoms with E-state index in [0.29, 0.717) is 15.3 Å². The molecule has 144 valence electrons. The molecule has 4 nitrogen and oxygen atoms in total. The summed E-state index contributed by atoms with van der Waals surface area (Å²) >= 11 is 9.01. The smallest absolute Gasteiger partial charge is 0.170 e. The SMILES string of the molecule is CCCN1C(=S)N[C@@H](c2ccccn2)[C@@H]1c1ccc(-c2ccc(F)cc2Br)o1. The van der Waals surface area contributed by atoms with E-state index >= 15 is 0 Å². The van der Waals surface area contributed by atoms with E-state index in [9.17, 15) is 4.39 Å². The Morgan fingerprint density at radius 1 is 1.25 bits per heavy atom. The summed E-state index contributed by atoms with van der Waals surface area (Å²) in [6.45, 7) is 2.94. The van der Waals surface area contributed by atoms with Crippen LogP contribution in [0.25, 0.3) is 11.3 Å². The molecule has 0 aliphatic carbocycles. The fourth-order valence-electron chi connectivity index (χ4n) is 3.54. The molecule has 2 atom stereocenters. The molecule has 0 bridgehead atoms. The van der Waals surface area contributed by atoms with Gasteiger partial charge in [-0.15, -0.1) is 0 Å². The second-order valence-corrected chi connectivity index (χ2v) is 7.89. The van der Waals surface area contributed by atoms with E-state index in [1.807, 2.05) is 30.3 Å². The fraction of sp³-hybridized carbons (Fsp3) is 0.238. The molecule has 0 unspecified atom stereocenters. The molecule has 3 aromatic rings. The molecule has 0 spiro atoms. The van der Waals surface area contributed by atoms with Crippen molar-refractivity contribution in [3.63, 3.8) is 0 Å². The average molecular weight is 460 g/mol. The number of thiocarbonyl (C=S) groups is 1. The van der Waals surface area contributed by atoms with Crippen molar-refractivity contribution in [2.45, 2.75) is 25.4 Å². The zero-order chi connectivity index (χ0) is 19.7. The Kier molecular flexibility index (Phi) is 5.46. The van der Waals surface area contributed by atoms with Crippen molar-refractivity contribution in [3.05, 3.63) is 76.5 Å². The van der Waals surface area contributed by atoms with Crippen LogP contribution in [-0.2, 0) is 0 Å². The van der Waals surface area contributed by atoms with Crippen LogP contribution in [-0.4, -0.2) is 21.5 Å². The second kappa shape index (κ2) is 8.01. The van der Waals surface area contributed by atoms with E-state index < -0.39 is 0 Å². The highest BCUT2D eigenvalue weighted by Gasteiger charge is 2.41. The maximum absolute atomic E-state index is 13.4. The third kappa shape index (κ3) is 3.56. The molecule has 2 aromatic heterocycles. The number of benzene rings is 1. The summed E-state index contributed by atoms with van der Waals surface area (Å²) in [6.07, 6.45) is 2.74. The Hall–Kier alpha value is -2.25. The molecule has 0 saturated carbocycles. The van der Waals surface area contributed by atoms with Gasteiger partial charge in [0.15, 0.2) is 5.11 Å². The van der Waals surface area contributed by atoms with E-state index in [2.05, 4.69) is 38.1 Å². The third-order valence-electron chi connectivity index (χ3n) is 4.78. The third-order valence-corrected chi connectivity index (χ3v) is 5.79. The lowest BCUT2D eigenvalue weighted by atomic mass is 10.0. The largest absolute Gasteiger partial charge is 0.459 e. The molecule has 1 aliphatic rings. The molecule has 0 radical (unpaired) electrons. The van der Waals surface area contributed by atoms with Crippen LogP contribution in [0.5, 0.6) is 0 Å². The normalized spacial score (nSPS) is 19.1. The molecule has 4 rings (SSSR count). The molecular weight excluding hydrogens is 441 g/mol. The molecule has 0 amide bonds. The van der Waals surface area contributed by atoms with Crippen LogP contribution < -0.4 is 5.32 Å². The number of aromatic nitrogens is 1. The molecule has 28 heavy (non-hydrogen) atoms. The van der Waals surface area contributed by atoms with Crippen molar-refractivity contribution in [2.24, 2.45) is 0 Å². The van der Waals surface area contributed by atoms with Crippen LogP contribution in [0, 0.1) is 5.82 Å². The van der Waals surface area contributed by atoms with Gasteiger partial charge in [-0.05, 0) is 77.0 Å². The van der Waals surface area contributed by atoms with Gasteiger partial charge in [-0.2, -0.15) is 0 Å². The van der Waals surface area contributed by atoms with Crippen LogP contribution in [0.3, 0.4) is 0 Å². The van der Waals surface area contributed by atoms with Gasteiger partial charge in [0.25, 0.3) is 0 Å². The monoisotopic (exact) mass is 459 g/mol. The molecule has 1 N–H and O–H groups in total. The van der Waals surface area contributed by atoms with Gasteiger partial charge in [0.1, 0.15) is 23.4 Å². The average Bonchev–Trinajstić information content (AvgIpc) is 3.28. The van der Waals surface area contributed by atoms with E-state index in [1.165, 1.54) is 12.1 Å². The zero-order valence-electron chi connectivity index (χ0n) is 15.2. The summed E-state index contributed by atoms with van der Waals surface area (Å²) < 4.78 is 20.3. The maximum Gasteiger partial charge on any atom is 0.170 e. The standard InChI is InChI=1S/C21H19BrFN3OS/c1-2-11-26-20(19(25-21(26)28)16-5-3-4-10-24-16)18-9-8-17(27-18)14-7-6-13(23)12-15(14)22/h3-10,12,19-20H,2,11H2,1H3,(H,25,28)/t19-,20-/m0/s1. The number of nitrogens with zero attached hydrogens (tertiary/aromatic N) is 2. The lowest BCUT2D eigenvalue weighted by Crippen LogP contribution is -2.30. The van der Waals surface area contributed by atoms with Crippen molar-refractivity contribution in [3.8, 4) is 11.3 Å². The minimum absolute atomic E-state index is 0.101. The molecule has 7 heteroatoms. The van der Waals surface area contributed by atoms with E-state index in [4.69, 9.17) is 16.6 Å². The quantitative estimate of drug-likeness (QED) is 0.501. The van der Waals surface area contributed by atoms with E-state index in [1.54, 1.807) is 12.3 Å². The number of nitrogens with one attached hydrogen (secondary N) is 1. The Balaban J connectivity index is 1.73. The predicted molar refractivity (Wildman–Crippen MR) is 114 cm³/mol. The van der Waals surface area contributed by atoms with Crippen molar-refractivity contribution < 1.29 is 8.81 Å². The highest BCUT2D eigenvalue weighted by atomic mass is 79.9. The number of hydrogen-bond acceptors (Lipinski definition) is 3. The number of furan rings is 1. The summed E-state index contributed by atoms with van der Waals surface area (Å²) in [5.74, 6) is 1.18. The summed E-state index contributed by atoms with van der Waals surface area (Å²) in [5, 5.41) is 4.10. The first-order valence-corrected chi connectivity index (χ1v) is 10.3. The van der Waals surface area contributed by atoms with Gasteiger partial charge in [0, 0.05) is 22.8 Å². The summed E-state index contributed by atoms with van der Waals surface area (Å²) in [6, 6.07) is 14.1. The first kappa shape index (κ1) is 19.1. The first-order valence-electron chi connectivity index (χ1n) is 9.11. The fourth-order valence-corrected chi connectivity index (χ4v) is 4.42. The summed E-state index contributed by atoms with van der Waals surface area (Å²) in [4.78, 5) is 6.66. The Labute approximate surface area is 176 Å². The van der Waals surface area contributed by atoms with Crippen LogP contribution >= 0.6 is 28.1 Å². The predicted octanol–water partition coefficient (Wildman–Crippen LogP) is 5.63. The molecule has 1 saturated heterocycles. The van der Waals surface area contributed by atoms with Gasteiger partial charge >= 0.3 is 0 Å². The van der Waals surface area contributed by atoms with Gasteiger partial charge < -0.3 is 14.6 Å². The number of rotatable bonds is 5. The van der Waals surface area contributed by atoms with E-state index in [0.717, 1.165) is 30.0 Å². The Morgan fingerprint density at radius 3 is 2.82 bits per heavy atom. The van der Waals surface area contributed by atoms with Crippen LogP contribution in [0.1, 0.15) is 36.9 Å². The second-order valence-electron chi connectivity index (χ2n) is 6.65. The van der Waals surface area contributed by atoms with Crippen LogP contribution in [0.4, 0.5) is 4.39 Å². The van der Waals surface area contributed by atoms with Gasteiger partial charge in [-0.25, -0.2) is 4.39 Å². The van der Waals surface area contributed by atoms with Crippen molar-refractivity contribution in [1.29, 1.82) is 0 Å². The first-order chi connectivity index (χ1) is 13.6. The van der Waals surface area contributed by atoms with Crippen molar-refractivity contribution >= 4 is 33.3 Å². The maximum atomic E-state index is 13.4. The molecule has 1 fully saturated rings. The van der Waals surface area contributed by atoms with Crippen molar-refractivity contribution in [2.75, 3.05) is 6.54 Å². The molecule has 1 aliphatic heterocycles. The van der Waals surface area contributed by atoms with E-state index in [-0.39, 0.29) is 17.9 Å². The van der Waals surface area contributed by atoms with Gasteiger partial charge in [0.2, 0.25) is 0 Å². The lowest BCUT2D eigenvalue weighted by Gasteiger charge is -2.25. The van der Waals surface area contributed by atoms with Gasteiger partial charge in [-0.3, -0.25) is 4.98 Å². The Morgan fingerprint density at radius 2 is 2.11 bits per heavy atom. The minimum atomic E-state index is -0.294. The number of pyridine rings is 1. The van der Waals surface area contributed by atoms with Crippen LogP contribution in [0.15, 0.2) is 63.6 Å². The minimum Gasteiger partial charge on any atom is -0.459 e. The molecule has 1 aromatic carbocycles. The molecule has 3 heterocycles. The van der Waals surface area contributed by atoms with Crippen LogP contribution in [0.2, 0.25) is 0 Å². The van der Waals surface area contributed by atoms with Gasteiger partial charge in [0.05, 0.1) is 11.7 Å². The molecular formula is C21H19BrFN3OS. The highest BCUT2D eigenvalue weighted by Crippen LogP contribution is 2.41. The van der Waals surface area contributed by atoms with Gasteiger partial charge in [-0.1, -0.05) is 13.0 Å². The summed E-state index contributed by atoms with van der Waals surface area (Å²) in [7, 11) is 0. The summed E-state index contributed by atoms with van der Waals surface area (Å²) in [5.41, 5.74) is 1.71. The number of hydrogen-bond donors (Lipinski definition) is 1. The highest BCUT2D eigenvalue weighted by molar-refractivity contribution is 9.10. The Bertz CT molecular complexity index is 994. The zero-order valence-corrected chi connectivity index (χ0v) is 17.6. The number of halogens is 2. The van der Waals surface area contributed by atoms with Crippen molar-refractivity contribution in [1.82, 2.24) is 15.2 Å².